The molecule has 2 heterocycles. The van der Waals surface area contributed by atoms with Gasteiger partial charge in [-0.05, 0) is 22.9 Å². The number of para-hydroxylation sites is 2. The minimum Gasteiger partial charge on any atom is -0.353 e. The molecule has 0 unspecified atom stereocenters. The Kier molecular flexibility index (Phi) is 2.12. The van der Waals surface area contributed by atoms with Crippen molar-refractivity contribution in [1.29, 1.82) is 0 Å². The Balaban J connectivity index is 2.07. The maximum atomic E-state index is 3.64. The molecule has 0 radical (unpaired) electrons. The molecular formula is C22H14N2. The van der Waals surface area contributed by atoms with E-state index in [0.29, 0.717) is 0 Å². The van der Waals surface area contributed by atoms with Gasteiger partial charge in [-0.3, -0.25) is 0 Å². The molecule has 0 atom stereocenters. The van der Waals surface area contributed by atoms with Crippen LogP contribution < -0.4 is 0 Å². The summed E-state index contributed by atoms with van der Waals surface area (Å²) >= 11 is 0. The third-order valence-electron chi connectivity index (χ3n) is 5.13. The van der Waals surface area contributed by atoms with Crippen LogP contribution in [0.15, 0.2) is 72.8 Å². The van der Waals surface area contributed by atoms with Crippen LogP contribution in [-0.2, 0) is 0 Å². The first kappa shape index (κ1) is 12.2. The summed E-state index contributed by atoms with van der Waals surface area (Å²) in [6.07, 6.45) is 0. The van der Waals surface area contributed by atoms with Crippen LogP contribution in [0.3, 0.4) is 0 Å². The number of hydrogen-bond acceptors (Lipinski definition) is 0. The van der Waals surface area contributed by atoms with Crippen molar-refractivity contribution in [3.8, 4) is 0 Å². The normalized spacial score (nSPS) is 12.2. The lowest BCUT2D eigenvalue weighted by atomic mass is 9.99. The third-order valence-corrected chi connectivity index (χ3v) is 5.13. The van der Waals surface area contributed by atoms with Crippen LogP contribution in [0.1, 0.15) is 0 Å². The van der Waals surface area contributed by atoms with Gasteiger partial charge in [0, 0.05) is 32.6 Å². The van der Waals surface area contributed by atoms with Gasteiger partial charge in [0.2, 0.25) is 0 Å². The molecule has 112 valence electrons. The topological polar surface area (TPSA) is 31.6 Å². The number of fused-ring (bicyclic) bond motifs is 10. The van der Waals surface area contributed by atoms with Gasteiger partial charge in [-0.15, -0.1) is 0 Å². The summed E-state index contributed by atoms with van der Waals surface area (Å²) in [7, 11) is 0. The molecule has 6 aromatic rings. The fourth-order valence-electron chi connectivity index (χ4n) is 4.14. The standard InChI is InChI=1S/C22H14N2/c1-2-8-14-13(7-1)19-15-9-3-5-11-17(15)23-21(19)22-20(14)16-10-4-6-12-18(16)24-22/h1-12,23-24H. The van der Waals surface area contributed by atoms with Crippen LogP contribution in [0, 0.1) is 0 Å². The molecule has 0 bridgehead atoms. The van der Waals surface area contributed by atoms with Gasteiger partial charge in [0.25, 0.3) is 0 Å². The summed E-state index contributed by atoms with van der Waals surface area (Å²) in [6, 6.07) is 25.8. The van der Waals surface area contributed by atoms with Crippen molar-refractivity contribution in [1.82, 2.24) is 9.97 Å². The van der Waals surface area contributed by atoms with E-state index in [9.17, 15) is 0 Å². The summed E-state index contributed by atoms with van der Waals surface area (Å²) in [5, 5.41) is 7.79. The third kappa shape index (κ3) is 1.36. The monoisotopic (exact) mass is 306 g/mol. The predicted octanol–water partition coefficient (Wildman–Crippen LogP) is 6.11. The molecule has 2 N–H and O–H groups in total. The summed E-state index contributed by atoms with van der Waals surface area (Å²) in [4.78, 5) is 7.29. The summed E-state index contributed by atoms with van der Waals surface area (Å²) in [5.41, 5.74) is 4.76. The highest BCUT2D eigenvalue weighted by atomic mass is 14.8. The van der Waals surface area contributed by atoms with E-state index < -0.39 is 0 Å². The molecule has 0 amide bonds. The van der Waals surface area contributed by atoms with E-state index in [4.69, 9.17) is 0 Å². The molecule has 0 saturated heterocycles. The van der Waals surface area contributed by atoms with Crippen LogP contribution in [0.2, 0.25) is 0 Å². The smallest absolute Gasteiger partial charge is 0.0717 e. The lowest BCUT2D eigenvalue weighted by Crippen LogP contribution is -1.79. The van der Waals surface area contributed by atoms with Crippen molar-refractivity contribution >= 4 is 54.4 Å². The molecule has 2 heteroatoms. The molecule has 24 heavy (non-hydrogen) atoms. The zero-order chi connectivity index (χ0) is 15.7. The summed E-state index contributed by atoms with van der Waals surface area (Å²) in [5.74, 6) is 0. The van der Waals surface area contributed by atoms with Gasteiger partial charge in [0.05, 0.1) is 11.0 Å². The number of nitrogens with one attached hydrogen (secondary N) is 2. The Morgan fingerprint density at radius 1 is 0.417 bits per heavy atom. The van der Waals surface area contributed by atoms with E-state index in [2.05, 4.69) is 82.8 Å². The average Bonchev–Trinajstić information content (AvgIpc) is 3.21. The predicted molar refractivity (Wildman–Crippen MR) is 103 cm³/mol. The van der Waals surface area contributed by atoms with Gasteiger partial charge in [-0.25, -0.2) is 0 Å². The maximum absolute atomic E-state index is 3.64. The fraction of sp³-hybridized carbons (Fsp3) is 0. The molecule has 6 rings (SSSR count). The summed E-state index contributed by atoms with van der Waals surface area (Å²) in [6.45, 7) is 0. The molecule has 0 aliphatic heterocycles. The highest BCUT2D eigenvalue weighted by molar-refractivity contribution is 6.35. The highest BCUT2D eigenvalue weighted by Crippen LogP contribution is 2.41. The van der Waals surface area contributed by atoms with Crippen LogP contribution in [0.25, 0.3) is 54.4 Å². The van der Waals surface area contributed by atoms with E-state index >= 15 is 0 Å². The van der Waals surface area contributed by atoms with Crippen LogP contribution in [0.4, 0.5) is 0 Å². The van der Waals surface area contributed by atoms with Gasteiger partial charge in [0.15, 0.2) is 0 Å². The lowest BCUT2D eigenvalue weighted by Gasteiger charge is -2.04. The summed E-state index contributed by atoms with van der Waals surface area (Å²) < 4.78 is 0. The largest absolute Gasteiger partial charge is 0.353 e. The van der Waals surface area contributed by atoms with Crippen molar-refractivity contribution in [3.63, 3.8) is 0 Å². The second-order valence-corrected chi connectivity index (χ2v) is 6.39. The van der Waals surface area contributed by atoms with E-state index in [1.807, 2.05) is 0 Å². The molecule has 0 saturated carbocycles. The Bertz CT molecular complexity index is 1290. The van der Waals surface area contributed by atoms with Crippen molar-refractivity contribution in [2.24, 2.45) is 0 Å². The Labute approximate surface area is 137 Å². The van der Waals surface area contributed by atoms with Crippen LogP contribution in [-0.4, -0.2) is 9.97 Å². The van der Waals surface area contributed by atoms with E-state index in [0.717, 1.165) is 0 Å². The van der Waals surface area contributed by atoms with Gasteiger partial charge >= 0.3 is 0 Å². The van der Waals surface area contributed by atoms with Gasteiger partial charge in [0.1, 0.15) is 0 Å². The van der Waals surface area contributed by atoms with E-state index in [-0.39, 0.29) is 0 Å². The Morgan fingerprint density at radius 2 is 0.792 bits per heavy atom. The molecule has 4 aromatic carbocycles. The van der Waals surface area contributed by atoms with Crippen molar-refractivity contribution in [3.05, 3.63) is 72.8 Å². The average molecular weight is 306 g/mol. The van der Waals surface area contributed by atoms with Crippen molar-refractivity contribution in [2.45, 2.75) is 0 Å². The molecule has 0 aliphatic carbocycles. The van der Waals surface area contributed by atoms with Crippen molar-refractivity contribution < 1.29 is 0 Å². The number of H-pyrrole nitrogens is 2. The Morgan fingerprint density at radius 3 is 1.25 bits per heavy atom. The number of aromatic nitrogens is 2. The quantitative estimate of drug-likeness (QED) is 0.339. The first-order valence-corrected chi connectivity index (χ1v) is 8.23. The molecule has 0 aliphatic rings. The molecule has 0 spiro atoms. The van der Waals surface area contributed by atoms with E-state index in [1.54, 1.807) is 0 Å². The van der Waals surface area contributed by atoms with Crippen LogP contribution in [0.5, 0.6) is 0 Å². The molecule has 2 aromatic heterocycles. The maximum Gasteiger partial charge on any atom is 0.0717 e. The second-order valence-electron chi connectivity index (χ2n) is 6.39. The van der Waals surface area contributed by atoms with Gasteiger partial charge < -0.3 is 9.97 Å². The number of aromatic amines is 2. The number of benzene rings is 4. The molecular weight excluding hydrogens is 292 g/mol. The minimum absolute atomic E-state index is 1.18. The highest BCUT2D eigenvalue weighted by Gasteiger charge is 2.16. The zero-order valence-corrected chi connectivity index (χ0v) is 12.9. The van der Waals surface area contributed by atoms with Gasteiger partial charge in [-0.2, -0.15) is 0 Å². The first-order valence-electron chi connectivity index (χ1n) is 8.23. The van der Waals surface area contributed by atoms with Gasteiger partial charge in [-0.1, -0.05) is 60.7 Å². The first-order chi connectivity index (χ1) is 11.9. The molecule has 2 nitrogen and oxygen atoms in total. The van der Waals surface area contributed by atoms with E-state index in [1.165, 1.54) is 54.4 Å². The number of hydrogen-bond donors (Lipinski definition) is 2. The zero-order valence-electron chi connectivity index (χ0n) is 12.9. The lowest BCUT2D eigenvalue weighted by molar-refractivity contribution is 1.51. The van der Waals surface area contributed by atoms with Crippen LogP contribution >= 0.6 is 0 Å². The Hall–Kier alpha value is -3.26. The molecule has 0 fully saturated rings. The fourth-order valence-corrected chi connectivity index (χ4v) is 4.14. The second kappa shape index (κ2) is 4.18. The minimum atomic E-state index is 1.18. The number of rotatable bonds is 0. The van der Waals surface area contributed by atoms with Crippen molar-refractivity contribution in [2.75, 3.05) is 0 Å². The SMILES string of the molecule is c1ccc2c(c1)[nH]c1c3[nH]c4ccccc4c3c3ccccc3c21.